The van der Waals surface area contributed by atoms with Crippen LogP contribution in [-0.2, 0) is 11.1 Å². The number of nitrogens with zero attached hydrogens (tertiary/aromatic N) is 1. The van der Waals surface area contributed by atoms with E-state index >= 15 is 0 Å². The summed E-state index contributed by atoms with van der Waals surface area (Å²) in [7, 11) is 1.00. The van der Waals surface area contributed by atoms with Crippen molar-refractivity contribution in [3.63, 3.8) is 0 Å². The molecule has 1 fully saturated rings. The molecule has 2 atom stereocenters. The third kappa shape index (κ3) is 3.12. The van der Waals surface area contributed by atoms with E-state index in [0.717, 1.165) is 41.0 Å². The molecular formula is C19H22BNO4. The first-order valence-electron chi connectivity index (χ1n) is 8.77. The molecule has 4 rings (SSSR count). The third-order valence-corrected chi connectivity index (χ3v) is 5.08. The average Bonchev–Trinajstić information content (AvgIpc) is 3.07. The van der Waals surface area contributed by atoms with Crippen LogP contribution in [0.25, 0.3) is 11.1 Å². The average molecular weight is 339 g/mol. The van der Waals surface area contributed by atoms with Crippen molar-refractivity contribution in [1.82, 2.24) is 4.98 Å². The number of fused-ring (bicyclic) bond motifs is 1. The first-order valence-corrected chi connectivity index (χ1v) is 8.77. The summed E-state index contributed by atoms with van der Waals surface area (Å²) in [5, 5.41) is 9.61. The lowest BCUT2D eigenvalue weighted by molar-refractivity contribution is 0.184. The number of ether oxygens (including phenoxy) is 2. The number of hydrogen-bond donors (Lipinski definition) is 1. The van der Waals surface area contributed by atoms with E-state index < -0.39 is 7.12 Å². The maximum absolute atomic E-state index is 9.61. The molecule has 0 saturated carbocycles. The van der Waals surface area contributed by atoms with E-state index in [9.17, 15) is 5.02 Å². The van der Waals surface area contributed by atoms with E-state index in [0.29, 0.717) is 12.9 Å². The summed E-state index contributed by atoms with van der Waals surface area (Å²) < 4.78 is 16.8. The van der Waals surface area contributed by atoms with Crippen molar-refractivity contribution in [2.45, 2.75) is 38.1 Å². The minimum atomic E-state index is -0.669. The van der Waals surface area contributed by atoms with E-state index in [1.54, 1.807) is 7.11 Å². The fourth-order valence-corrected chi connectivity index (χ4v) is 3.69. The molecule has 0 radical (unpaired) electrons. The summed E-state index contributed by atoms with van der Waals surface area (Å²) in [6.45, 7) is 2.62. The number of pyridine rings is 1. The lowest BCUT2D eigenvalue weighted by Gasteiger charge is -2.27. The van der Waals surface area contributed by atoms with Gasteiger partial charge in [0.2, 0.25) is 0 Å². The van der Waals surface area contributed by atoms with E-state index in [4.69, 9.17) is 14.1 Å². The minimum Gasteiger partial charge on any atom is -0.493 e. The smallest absolute Gasteiger partial charge is 0.454 e. The molecule has 1 aromatic carbocycles. The SMILES string of the molecule is COc1ccc(-c2cncc([C@@H]3COB(O)C3)c2)c2c1OC(C)CC2. The van der Waals surface area contributed by atoms with Crippen molar-refractivity contribution in [2.75, 3.05) is 13.7 Å². The minimum absolute atomic E-state index is 0.188. The molecule has 2 aliphatic rings. The van der Waals surface area contributed by atoms with Crippen molar-refractivity contribution < 1.29 is 19.2 Å². The van der Waals surface area contributed by atoms with Crippen LogP contribution < -0.4 is 9.47 Å². The van der Waals surface area contributed by atoms with Gasteiger partial charge in [0.05, 0.1) is 13.2 Å². The number of methoxy groups -OCH3 is 1. The summed E-state index contributed by atoms with van der Waals surface area (Å²) in [6.07, 6.45) is 6.51. The highest BCUT2D eigenvalue weighted by atomic mass is 16.5. The zero-order chi connectivity index (χ0) is 17.4. The Balaban J connectivity index is 1.74. The molecule has 1 saturated heterocycles. The van der Waals surface area contributed by atoms with E-state index in [1.165, 1.54) is 5.56 Å². The van der Waals surface area contributed by atoms with Crippen molar-refractivity contribution >= 4 is 7.12 Å². The molecule has 25 heavy (non-hydrogen) atoms. The standard InChI is InChI=1S/C19H22BNO4/c1-12-3-4-17-16(5-6-18(23-2)19(17)25-12)14-7-13(9-21-10-14)15-8-20(22)24-11-15/h5-7,9-10,12,15,22H,3-4,8,11H2,1-2H3/t12?,15-/m0/s1. The number of aromatic nitrogens is 1. The van der Waals surface area contributed by atoms with Gasteiger partial charge in [0.25, 0.3) is 0 Å². The summed E-state index contributed by atoms with van der Waals surface area (Å²) in [6, 6.07) is 6.19. The zero-order valence-electron chi connectivity index (χ0n) is 14.6. The molecule has 0 aliphatic carbocycles. The molecule has 2 aromatic rings. The van der Waals surface area contributed by atoms with Gasteiger partial charge in [0.1, 0.15) is 0 Å². The Hall–Kier alpha value is -2.05. The van der Waals surface area contributed by atoms with E-state index in [2.05, 4.69) is 24.0 Å². The van der Waals surface area contributed by atoms with E-state index in [1.807, 2.05) is 18.5 Å². The normalized spacial score (nSPS) is 22.4. The monoisotopic (exact) mass is 339 g/mol. The lowest BCUT2D eigenvalue weighted by Crippen LogP contribution is -2.20. The van der Waals surface area contributed by atoms with Gasteiger partial charge in [-0.3, -0.25) is 4.98 Å². The van der Waals surface area contributed by atoms with E-state index in [-0.39, 0.29) is 12.0 Å². The second kappa shape index (κ2) is 6.69. The van der Waals surface area contributed by atoms with Gasteiger partial charge in [0.15, 0.2) is 11.5 Å². The molecular weight excluding hydrogens is 317 g/mol. The van der Waals surface area contributed by atoms with Crippen molar-refractivity contribution in [1.29, 1.82) is 0 Å². The number of rotatable bonds is 3. The highest BCUT2D eigenvalue weighted by Gasteiger charge is 2.30. The summed E-state index contributed by atoms with van der Waals surface area (Å²) >= 11 is 0. The van der Waals surface area contributed by atoms with Crippen LogP contribution in [0.1, 0.15) is 30.4 Å². The molecule has 2 aliphatic heterocycles. The second-order valence-corrected chi connectivity index (χ2v) is 6.82. The van der Waals surface area contributed by atoms with Crippen LogP contribution in [0.3, 0.4) is 0 Å². The Morgan fingerprint density at radius 2 is 2.20 bits per heavy atom. The van der Waals surface area contributed by atoms with Gasteiger partial charge in [-0.1, -0.05) is 6.07 Å². The van der Waals surface area contributed by atoms with Crippen LogP contribution in [0, 0.1) is 0 Å². The highest BCUT2D eigenvalue weighted by Crippen LogP contribution is 2.42. The second-order valence-electron chi connectivity index (χ2n) is 6.82. The predicted molar refractivity (Wildman–Crippen MR) is 96.1 cm³/mol. The van der Waals surface area contributed by atoms with Crippen molar-refractivity contribution in [2.24, 2.45) is 0 Å². The maximum Gasteiger partial charge on any atom is 0.454 e. The molecule has 5 nitrogen and oxygen atoms in total. The maximum atomic E-state index is 9.61. The predicted octanol–water partition coefficient (Wildman–Crippen LogP) is 3.07. The Morgan fingerprint density at radius 1 is 1.32 bits per heavy atom. The van der Waals surface area contributed by atoms with Crippen LogP contribution >= 0.6 is 0 Å². The largest absolute Gasteiger partial charge is 0.493 e. The summed E-state index contributed by atoms with van der Waals surface area (Å²) in [5.74, 6) is 1.82. The first-order chi connectivity index (χ1) is 12.2. The van der Waals surface area contributed by atoms with Gasteiger partial charge < -0.3 is 19.2 Å². The Morgan fingerprint density at radius 3 is 2.96 bits per heavy atom. The first kappa shape index (κ1) is 16.4. The molecule has 130 valence electrons. The van der Waals surface area contributed by atoms with Crippen LogP contribution in [0.5, 0.6) is 11.5 Å². The Bertz CT molecular complexity index is 782. The highest BCUT2D eigenvalue weighted by molar-refractivity contribution is 6.43. The summed E-state index contributed by atoms with van der Waals surface area (Å²) in [4.78, 5) is 4.43. The fourth-order valence-electron chi connectivity index (χ4n) is 3.69. The zero-order valence-corrected chi connectivity index (χ0v) is 14.6. The Kier molecular flexibility index (Phi) is 4.40. The van der Waals surface area contributed by atoms with Crippen molar-refractivity contribution in [3.05, 3.63) is 41.7 Å². The molecule has 6 heteroatoms. The lowest BCUT2D eigenvalue weighted by atomic mass is 9.79. The van der Waals surface area contributed by atoms with Crippen molar-refractivity contribution in [3.8, 4) is 22.6 Å². The molecule has 1 N–H and O–H groups in total. The van der Waals surface area contributed by atoms with Crippen LogP contribution in [0.4, 0.5) is 0 Å². The van der Waals surface area contributed by atoms with Gasteiger partial charge >= 0.3 is 7.12 Å². The number of benzene rings is 1. The van der Waals surface area contributed by atoms with Gasteiger partial charge in [-0.2, -0.15) is 0 Å². The van der Waals surface area contributed by atoms with Crippen LogP contribution in [0.15, 0.2) is 30.6 Å². The molecule has 1 aromatic heterocycles. The molecule has 0 bridgehead atoms. The number of hydrogen-bond acceptors (Lipinski definition) is 5. The fraction of sp³-hybridized carbons (Fsp3) is 0.421. The van der Waals surface area contributed by atoms with Crippen LogP contribution in [0.2, 0.25) is 6.32 Å². The van der Waals surface area contributed by atoms with Gasteiger partial charge in [-0.15, -0.1) is 0 Å². The topological polar surface area (TPSA) is 60.8 Å². The molecule has 0 spiro atoms. The quantitative estimate of drug-likeness (QED) is 0.871. The van der Waals surface area contributed by atoms with Gasteiger partial charge in [-0.25, -0.2) is 0 Å². The third-order valence-electron chi connectivity index (χ3n) is 5.08. The molecule has 1 unspecified atom stereocenters. The molecule has 3 heterocycles. The van der Waals surface area contributed by atoms with Gasteiger partial charge in [0, 0.05) is 36.0 Å². The van der Waals surface area contributed by atoms with Gasteiger partial charge in [-0.05, 0) is 49.3 Å². The molecule has 0 amide bonds. The van der Waals surface area contributed by atoms with Crippen LogP contribution in [-0.4, -0.2) is 36.9 Å². The Labute approximate surface area is 148 Å². The summed E-state index contributed by atoms with van der Waals surface area (Å²) in [5.41, 5.74) is 4.48.